The Kier molecular flexibility index (Phi) is 5.85. The number of nitrogens with zero attached hydrogens (tertiary/aromatic N) is 1. The van der Waals surface area contributed by atoms with E-state index in [1.54, 1.807) is 0 Å². The molecule has 0 atom stereocenters. The van der Waals surface area contributed by atoms with Gasteiger partial charge in [-0.25, -0.2) is 8.78 Å². The average molecular weight is 346 g/mol. The first-order chi connectivity index (χ1) is 11.8. The van der Waals surface area contributed by atoms with Crippen LogP contribution in [0.25, 0.3) is 0 Å². The van der Waals surface area contributed by atoms with Gasteiger partial charge in [0.2, 0.25) is 11.8 Å². The number of rotatable bonds is 5. The summed E-state index contributed by atoms with van der Waals surface area (Å²) in [5, 5.41) is 2.73. The van der Waals surface area contributed by atoms with Gasteiger partial charge in [-0.3, -0.25) is 9.59 Å². The summed E-state index contributed by atoms with van der Waals surface area (Å²) in [7, 11) is 0. The van der Waals surface area contributed by atoms with Crippen LogP contribution in [-0.2, 0) is 9.59 Å². The normalized spacial score (nSPS) is 10.4. The van der Waals surface area contributed by atoms with Crippen LogP contribution in [0.4, 0.5) is 20.2 Å². The molecule has 2 aromatic rings. The summed E-state index contributed by atoms with van der Waals surface area (Å²) in [6.45, 7) is 4.92. The Morgan fingerprint density at radius 3 is 2.12 bits per heavy atom. The van der Waals surface area contributed by atoms with Crippen LogP contribution in [0.2, 0.25) is 0 Å². The first-order valence-corrected chi connectivity index (χ1v) is 7.88. The van der Waals surface area contributed by atoms with Gasteiger partial charge < -0.3 is 10.2 Å². The van der Waals surface area contributed by atoms with Gasteiger partial charge in [0.15, 0.2) is 0 Å². The summed E-state index contributed by atoms with van der Waals surface area (Å²) in [5.41, 5.74) is 2.23. The highest BCUT2D eigenvalue weighted by Crippen LogP contribution is 2.23. The van der Waals surface area contributed by atoms with Gasteiger partial charge in [-0.2, -0.15) is 0 Å². The van der Waals surface area contributed by atoms with E-state index in [0.29, 0.717) is 5.69 Å². The number of nitrogens with one attached hydrogen (secondary N) is 1. The zero-order chi connectivity index (χ0) is 18.6. The standard InChI is InChI=1S/C19H20F2N2O2/c1-12-9-13(2)11-15(10-12)22-18(25)7-8-23(14(3)24)19-16(20)5-4-6-17(19)21/h4-6,9-11H,7-8H2,1-3H3,(H,22,25). The first-order valence-electron chi connectivity index (χ1n) is 7.88. The van der Waals surface area contributed by atoms with E-state index in [4.69, 9.17) is 0 Å². The van der Waals surface area contributed by atoms with Crippen LogP contribution in [-0.4, -0.2) is 18.4 Å². The highest BCUT2D eigenvalue weighted by Gasteiger charge is 2.20. The van der Waals surface area contributed by atoms with Crippen LogP contribution in [0.3, 0.4) is 0 Å². The van der Waals surface area contributed by atoms with Gasteiger partial charge in [0.25, 0.3) is 0 Å². The first kappa shape index (κ1) is 18.6. The number of para-hydroxylation sites is 1. The molecule has 2 rings (SSSR count). The summed E-state index contributed by atoms with van der Waals surface area (Å²) in [4.78, 5) is 24.8. The molecule has 132 valence electrons. The monoisotopic (exact) mass is 346 g/mol. The van der Waals surface area contributed by atoms with E-state index in [0.717, 1.165) is 28.2 Å². The van der Waals surface area contributed by atoms with Gasteiger partial charge in [-0.15, -0.1) is 0 Å². The Labute approximate surface area is 145 Å². The van der Waals surface area contributed by atoms with Crippen LogP contribution in [0.5, 0.6) is 0 Å². The molecule has 0 heterocycles. The molecule has 0 aliphatic rings. The quantitative estimate of drug-likeness (QED) is 0.891. The minimum Gasteiger partial charge on any atom is -0.326 e. The Balaban J connectivity index is 2.08. The van der Waals surface area contributed by atoms with E-state index in [9.17, 15) is 18.4 Å². The second kappa shape index (κ2) is 7.88. The molecule has 0 radical (unpaired) electrons. The zero-order valence-corrected chi connectivity index (χ0v) is 14.4. The van der Waals surface area contributed by atoms with Crippen molar-refractivity contribution < 1.29 is 18.4 Å². The second-order valence-corrected chi connectivity index (χ2v) is 5.92. The summed E-state index contributed by atoms with van der Waals surface area (Å²) in [6, 6.07) is 9.00. The second-order valence-electron chi connectivity index (χ2n) is 5.92. The van der Waals surface area contributed by atoms with E-state index in [1.807, 2.05) is 32.0 Å². The maximum atomic E-state index is 13.9. The highest BCUT2D eigenvalue weighted by atomic mass is 19.1. The minimum atomic E-state index is -0.843. The van der Waals surface area contributed by atoms with Gasteiger partial charge in [0.05, 0.1) is 0 Å². The molecule has 0 spiro atoms. The largest absolute Gasteiger partial charge is 0.326 e. The summed E-state index contributed by atoms with van der Waals surface area (Å²) >= 11 is 0. The Bertz CT molecular complexity index is 766. The maximum absolute atomic E-state index is 13.9. The lowest BCUT2D eigenvalue weighted by Crippen LogP contribution is -2.33. The van der Waals surface area contributed by atoms with E-state index >= 15 is 0 Å². The smallest absolute Gasteiger partial charge is 0.226 e. The lowest BCUT2D eigenvalue weighted by atomic mass is 10.1. The predicted octanol–water partition coefficient (Wildman–Crippen LogP) is 3.96. The fraction of sp³-hybridized carbons (Fsp3) is 0.263. The number of hydrogen-bond acceptors (Lipinski definition) is 2. The van der Waals surface area contributed by atoms with Crippen molar-refractivity contribution in [1.82, 2.24) is 0 Å². The molecule has 0 aliphatic carbocycles. The van der Waals surface area contributed by atoms with Crippen molar-refractivity contribution in [3.63, 3.8) is 0 Å². The van der Waals surface area contributed by atoms with Gasteiger partial charge >= 0.3 is 0 Å². The fourth-order valence-electron chi connectivity index (χ4n) is 2.66. The van der Waals surface area contributed by atoms with E-state index in [2.05, 4.69) is 5.32 Å². The Hall–Kier alpha value is -2.76. The van der Waals surface area contributed by atoms with Crippen molar-refractivity contribution >= 4 is 23.2 Å². The van der Waals surface area contributed by atoms with Crippen molar-refractivity contribution in [3.05, 3.63) is 59.2 Å². The number of aryl methyl sites for hydroxylation is 2. The highest BCUT2D eigenvalue weighted by molar-refractivity contribution is 5.95. The number of amides is 2. The number of halogens is 2. The molecule has 0 unspecified atom stereocenters. The molecule has 4 nitrogen and oxygen atoms in total. The number of benzene rings is 2. The zero-order valence-electron chi connectivity index (χ0n) is 14.4. The summed E-state index contributed by atoms with van der Waals surface area (Å²) in [6.07, 6.45) is -0.0830. The third-order valence-electron chi connectivity index (χ3n) is 3.66. The van der Waals surface area contributed by atoms with Crippen molar-refractivity contribution in [2.45, 2.75) is 27.2 Å². The number of carbonyl (C=O) groups is 2. The number of anilines is 2. The van der Waals surface area contributed by atoms with E-state index in [1.165, 1.54) is 13.0 Å². The van der Waals surface area contributed by atoms with Crippen LogP contribution in [0.15, 0.2) is 36.4 Å². The lowest BCUT2D eigenvalue weighted by molar-refractivity contribution is -0.117. The Morgan fingerprint density at radius 1 is 1.04 bits per heavy atom. The molecule has 2 aromatic carbocycles. The number of carbonyl (C=O) groups excluding carboxylic acids is 2. The summed E-state index contributed by atoms with van der Waals surface area (Å²) in [5.74, 6) is -2.56. The molecular weight excluding hydrogens is 326 g/mol. The van der Waals surface area contributed by atoms with E-state index < -0.39 is 23.2 Å². The van der Waals surface area contributed by atoms with Gasteiger partial charge in [0, 0.05) is 25.6 Å². The van der Waals surface area contributed by atoms with Crippen LogP contribution in [0.1, 0.15) is 24.5 Å². The third-order valence-corrected chi connectivity index (χ3v) is 3.66. The lowest BCUT2D eigenvalue weighted by Gasteiger charge is -2.22. The molecule has 25 heavy (non-hydrogen) atoms. The van der Waals surface area contributed by atoms with E-state index in [-0.39, 0.29) is 18.9 Å². The molecule has 1 N–H and O–H groups in total. The Morgan fingerprint density at radius 2 is 1.60 bits per heavy atom. The molecule has 0 aromatic heterocycles. The number of hydrogen-bond donors (Lipinski definition) is 1. The maximum Gasteiger partial charge on any atom is 0.226 e. The SMILES string of the molecule is CC(=O)N(CCC(=O)Nc1cc(C)cc(C)c1)c1c(F)cccc1F. The van der Waals surface area contributed by atoms with Crippen molar-refractivity contribution in [2.75, 3.05) is 16.8 Å². The van der Waals surface area contributed by atoms with Gasteiger partial charge in [-0.1, -0.05) is 12.1 Å². The topological polar surface area (TPSA) is 49.4 Å². The molecule has 0 saturated carbocycles. The minimum absolute atomic E-state index is 0.0830. The summed E-state index contributed by atoms with van der Waals surface area (Å²) < 4.78 is 27.8. The molecule has 6 heteroatoms. The predicted molar refractivity (Wildman–Crippen MR) is 93.5 cm³/mol. The van der Waals surface area contributed by atoms with Crippen molar-refractivity contribution in [2.24, 2.45) is 0 Å². The van der Waals surface area contributed by atoms with Gasteiger partial charge in [-0.05, 0) is 49.2 Å². The van der Waals surface area contributed by atoms with Crippen molar-refractivity contribution in [1.29, 1.82) is 0 Å². The third kappa shape index (κ3) is 4.86. The molecule has 0 fully saturated rings. The van der Waals surface area contributed by atoms with Crippen molar-refractivity contribution in [3.8, 4) is 0 Å². The van der Waals surface area contributed by atoms with Gasteiger partial charge in [0.1, 0.15) is 17.3 Å². The van der Waals surface area contributed by atoms with Crippen LogP contribution < -0.4 is 10.2 Å². The van der Waals surface area contributed by atoms with Crippen LogP contribution >= 0.6 is 0 Å². The molecule has 0 saturated heterocycles. The fourth-order valence-corrected chi connectivity index (χ4v) is 2.66. The molecule has 0 bridgehead atoms. The molecule has 0 aliphatic heterocycles. The van der Waals surface area contributed by atoms with Crippen LogP contribution in [0, 0.1) is 25.5 Å². The molecule has 2 amide bonds. The average Bonchev–Trinajstić information content (AvgIpc) is 2.48. The molecular formula is C19H20F2N2O2.